The molecular weight excluding hydrogens is 350 g/mol. The summed E-state index contributed by atoms with van der Waals surface area (Å²) in [5.41, 5.74) is -0.656. The lowest BCUT2D eigenvalue weighted by molar-refractivity contribution is -0.146. The predicted molar refractivity (Wildman–Crippen MR) is 101 cm³/mol. The molecule has 0 saturated heterocycles. The largest absolute Gasteiger partial charge is 0.479 e. The Morgan fingerprint density at radius 2 is 1.88 bits per heavy atom. The van der Waals surface area contributed by atoms with Gasteiger partial charge in [0.25, 0.3) is 0 Å². The van der Waals surface area contributed by atoms with Gasteiger partial charge in [-0.3, -0.25) is 9.48 Å². The number of rotatable bonds is 6. The molecule has 6 nitrogen and oxygen atoms in total. The van der Waals surface area contributed by atoms with Crippen molar-refractivity contribution < 1.29 is 14.7 Å². The second-order valence-corrected chi connectivity index (χ2v) is 8.57. The molecule has 1 fully saturated rings. The predicted octanol–water partition coefficient (Wildman–Crippen LogP) is 3.75. The maximum absolute atomic E-state index is 13.0. The van der Waals surface area contributed by atoms with Gasteiger partial charge in [0.05, 0.1) is 16.6 Å². The molecule has 1 heterocycles. The number of aliphatic carboxylic acids is 1. The highest BCUT2D eigenvalue weighted by molar-refractivity contribution is 8.01. The fourth-order valence-corrected chi connectivity index (χ4v) is 4.45. The van der Waals surface area contributed by atoms with Crippen LogP contribution >= 0.6 is 11.8 Å². The van der Waals surface area contributed by atoms with Gasteiger partial charge in [-0.15, -0.1) is 11.8 Å². The second kappa shape index (κ2) is 7.15. The van der Waals surface area contributed by atoms with Gasteiger partial charge in [0, 0.05) is 11.1 Å². The molecule has 2 N–H and O–H groups in total. The number of hydrogen-bond acceptors (Lipinski definition) is 4. The maximum atomic E-state index is 13.0. The normalized spacial score (nSPS) is 16.4. The molecule has 7 heteroatoms. The van der Waals surface area contributed by atoms with Crippen LogP contribution in [0.1, 0.15) is 39.5 Å². The standard InChI is InChI=1S/C19H23N3O3S/c1-18(2,17(24)25)22-13-14(12-20-22)21-16(23)19(10-6-7-11-19)26-15-8-4-3-5-9-15/h3-5,8-9,12-13H,6-7,10-11H2,1-2H3,(H,21,23)(H,24,25). The quantitative estimate of drug-likeness (QED) is 0.806. The van der Waals surface area contributed by atoms with Crippen molar-refractivity contribution in [1.82, 2.24) is 9.78 Å². The van der Waals surface area contributed by atoms with Gasteiger partial charge in [-0.1, -0.05) is 31.0 Å². The molecule has 1 aromatic carbocycles. The monoisotopic (exact) mass is 373 g/mol. The fourth-order valence-electron chi connectivity index (χ4n) is 3.07. The van der Waals surface area contributed by atoms with Crippen molar-refractivity contribution in [2.75, 3.05) is 5.32 Å². The van der Waals surface area contributed by atoms with E-state index in [1.165, 1.54) is 10.9 Å². The van der Waals surface area contributed by atoms with E-state index in [0.717, 1.165) is 30.6 Å². The molecule has 0 radical (unpaired) electrons. The minimum absolute atomic E-state index is 0.0449. The number of carboxylic acid groups (broad SMARTS) is 1. The van der Waals surface area contributed by atoms with Crippen molar-refractivity contribution in [3.63, 3.8) is 0 Å². The van der Waals surface area contributed by atoms with E-state index in [-0.39, 0.29) is 5.91 Å². The van der Waals surface area contributed by atoms with E-state index in [1.807, 2.05) is 30.3 Å². The van der Waals surface area contributed by atoms with Crippen LogP contribution in [0.5, 0.6) is 0 Å². The van der Waals surface area contributed by atoms with Crippen LogP contribution in [-0.2, 0) is 15.1 Å². The third kappa shape index (κ3) is 3.62. The minimum Gasteiger partial charge on any atom is -0.479 e. The van der Waals surface area contributed by atoms with Gasteiger partial charge < -0.3 is 10.4 Å². The number of benzene rings is 1. The van der Waals surface area contributed by atoms with Crippen molar-refractivity contribution >= 4 is 29.3 Å². The van der Waals surface area contributed by atoms with Crippen LogP contribution < -0.4 is 5.32 Å². The topological polar surface area (TPSA) is 84.2 Å². The van der Waals surface area contributed by atoms with Crippen LogP contribution in [0.2, 0.25) is 0 Å². The molecule has 3 rings (SSSR count). The lowest BCUT2D eigenvalue weighted by Crippen LogP contribution is -2.37. The summed E-state index contributed by atoms with van der Waals surface area (Å²) in [4.78, 5) is 25.5. The van der Waals surface area contributed by atoms with E-state index in [0.29, 0.717) is 5.69 Å². The molecule has 1 amide bonds. The molecule has 138 valence electrons. The third-order valence-corrected chi connectivity index (χ3v) is 6.31. The molecule has 2 aromatic rings. The zero-order chi connectivity index (χ0) is 18.8. The van der Waals surface area contributed by atoms with Crippen molar-refractivity contribution in [3.05, 3.63) is 42.7 Å². The van der Waals surface area contributed by atoms with E-state index >= 15 is 0 Å². The Kier molecular flexibility index (Phi) is 5.09. The summed E-state index contributed by atoms with van der Waals surface area (Å²) >= 11 is 1.61. The lowest BCUT2D eigenvalue weighted by Gasteiger charge is -2.26. The summed E-state index contributed by atoms with van der Waals surface area (Å²) in [5.74, 6) is -1.03. The number of amides is 1. The van der Waals surface area contributed by atoms with Crippen LogP contribution in [0, 0.1) is 0 Å². The molecule has 1 aliphatic rings. The summed E-state index contributed by atoms with van der Waals surface area (Å²) in [5, 5.41) is 16.4. The molecule has 0 atom stereocenters. The van der Waals surface area contributed by atoms with E-state index < -0.39 is 16.3 Å². The number of carbonyl (C=O) groups excluding carboxylic acids is 1. The van der Waals surface area contributed by atoms with Crippen molar-refractivity contribution in [1.29, 1.82) is 0 Å². The summed E-state index contributed by atoms with van der Waals surface area (Å²) in [6, 6.07) is 9.95. The number of nitrogens with one attached hydrogen (secondary N) is 1. The molecule has 0 spiro atoms. The van der Waals surface area contributed by atoms with E-state index in [9.17, 15) is 14.7 Å². The maximum Gasteiger partial charge on any atom is 0.331 e. The number of nitrogens with zero attached hydrogens (tertiary/aromatic N) is 2. The number of thioether (sulfide) groups is 1. The van der Waals surface area contributed by atoms with Crippen LogP contribution in [0.4, 0.5) is 5.69 Å². The number of anilines is 1. The van der Waals surface area contributed by atoms with Crippen molar-refractivity contribution in [2.45, 2.75) is 54.7 Å². The van der Waals surface area contributed by atoms with Gasteiger partial charge in [0.1, 0.15) is 0 Å². The highest BCUT2D eigenvalue weighted by Crippen LogP contribution is 2.46. The van der Waals surface area contributed by atoms with Crippen molar-refractivity contribution in [2.24, 2.45) is 0 Å². The summed E-state index contributed by atoms with van der Waals surface area (Å²) in [7, 11) is 0. The minimum atomic E-state index is -1.17. The molecule has 0 unspecified atom stereocenters. The van der Waals surface area contributed by atoms with Crippen LogP contribution in [-0.4, -0.2) is 31.5 Å². The number of carboxylic acids is 1. The molecule has 1 saturated carbocycles. The first-order chi connectivity index (χ1) is 12.3. The van der Waals surface area contributed by atoms with Crippen molar-refractivity contribution in [3.8, 4) is 0 Å². The molecular formula is C19H23N3O3S. The van der Waals surface area contributed by atoms with Crippen LogP contribution in [0.25, 0.3) is 0 Å². The smallest absolute Gasteiger partial charge is 0.331 e. The van der Waals surface area contributed by atoms with Crippen LogP contribution in [0.3, 0.4) is 0 Å². The van der Waals surface area contributed by atoms with E-state index in [2.05, 4.69) is 10.4 Å². The summed E-state index contributed by atoms with van der Waals surface area (Å²) in [6.45, 7) is 3.13. The van der Waals surface area contributed by atoms with Gasteiger partial charge in [0.15, 0.2) is 5.54 Å². The van der Waals surface area contributed by atoms with E-state index in [4.69, 9.17) is 0 Å². The SMILES string of the molecule is CC(C)(C(=O)O)n1cc(NC(=O)C2(Sc3ccccc3)CCCC2)cn1. The molecule has 26 heavy (non-hydrogen) atoms. The Labute approximate surface area is 157 Å². The highest BCUT2D eigenvalue weighted by Gasteiger charge is 2.42. The number of carbonyl (C=O) groups is 2. The van der Waals surface area contributed by atoms with Gasteiger partial charge >= 0.3 is 5.97 Å². The third-order valence-electron chi connectivity index (χ3n) is 4.82. The second-order valence-electron chi connectivity index (χ2n) is 7.11. The number of hydrogen-bond donors (Lipinski definition) is 2. The zero-order valence-electron chi connectivity index (χ0n) is 14.9. The Morgan fingerprint density at radius 3 is 2.50 bits per heavy atom. The Hall–Kier alpha value is -2.28. The summed E-state index contributed by atoms with van der Waals surface area (Å²) in [6.07, 6.45) is 6.78. The Bertz CT molecular complexity index is 795. The summed E-state index contributed by atoms with van der Waals surface area (Å²) < 4.78 is 0.863. The first-order valence-electron chi connectivity index (χ1n) is 8.68. The van der Waals surface area contributed by atoms with E-state index in [1.54, 1.807) is 31.8 Å². The molecule has 0 aliphatic heterocycles. The van der Waals surface area contributed by atoms with Gasteiger partial charge in [-0.2, -0.15) is 5.10 Å². The van der Waals surface area contributed by atoms with Crippen LogP contribution in [0.15, 0.2) is 47.6 Å². The zero-order valence-corrected chi connectivity index (χ0v) is 15.8. The Balaban J connectivity index is 1.77. The average Bonchev–Trinajstić information content (AvgIpc) is 3.26. The average molecular weight is 373 g/mol. The number of aromatic nitrogens is 2. The molecule has 0 bridgehead atoms. The Morgan fingerprint density at radius 1 is 1.23 bits per heavy atom. The fraction of sp³-hybridized carbons (Fsp3) is 0.421. The lowest BCUT2D eigenvalue weighted by atomic mass is 10.1. The molecule has 1 aliphatic carbocycles. The molecule has 1 aromatic heterocycles. The highest BCUT2D eigenvalue weighted by atomic mass is 32.2. The van der Waals surface area contributed by atoms with Gasteiger partial charge in [-0.05, 0) is 38.8 Å². The first kappa shape index (κ1) is 18.5. The van der Waals surface area contributed by atoms with Gasteiger partial charge in [0.2, 0.25) is 5.91 Å². The van der Waals surface area contributed by atoms with Gasteiger partial charge in [-0.25, -0.2) is 4.79 Å². The first-order valence-corrected chi connectivity index (χ1v) is 9.49.